The third-order valence-corrected chi connectivity index (χ3v) is 5.07. The maximum atomic E-state index is 12.5. The fraction of sp³-hybridized carbons (Fsp3) is 0.318. The standard InChI is InChI=1S/C22H25ClN2O/c1-3-4-13-24-22(26)14-19(16-9-11-17(23)12-10-16)20-15-25(2)21-8-6-5-7-18(20)21/h5-12,15,19H,3-4,13-14H2,1-2H3,(H,24,26). The first kappa shape index (κ1) is 18.5. The Balaban J connectivity index is 1.97. The van der Waals surface area contributed by atoms with Crippen LogP contribution in [0.15, 0.2) is 54.7 Å². The normalized spacial score (nSPS) is 12.3. The molecule has 0 aliphatic heterocycles. The molecule has 1 unspecified atom stereocenters. The molecule has 0 aliphatic rings. The number of rotatable bonds is 7. The van der Waals surface area contributed by atoms with Gasteiger partial charge in [0.2, 0.25) is 5.91 Å². The van der Waals surface area contributed by atoms with Crippen molar-refractivity contribution in [3.05, 3.63) is 70.9 Å². The molecule has 3 aromatic rings. The number of unbranched alkanes of at least 4 members (excludes halogenated alkanes) is 1. The topological polar surface area (TPSA) is 34.0 Å². The molecule has 0 saturated heterocycles. The Bertz CT molecular complexity index is 883. The molecule has 0 bridgehead atoms. The minimum absolute atomic E-state index is 0.00000630. The van der Waals surface area contributed by atoms with Gasteiger partial charge in [-0.05, 0) is 35.7 Å². The van der Waals surface area contributed by atoms with Gasteiger partial charge >= 0.3 is 0 Å². The average molecular weight is 369 g/mol. The van der Waals surface area contributed by atoms with Gasteiger partial charge in [-0.25, -0.2) is 0 Å². The monoisotopic (exact) mass is 368 g/mol. The van der Waals surface area contributed by atoms with Gasteiger partial charge in [-0.1, -0.05) is 55.3 Å². The van der Waals surface area contributed by atoms with E-state index in [9.17, 15) is 4.79 Å². The Kier molecular flexibility index (Phi) is 6.00. The van der Waals surface area contributed by atoms with Crippen LogP contribution in [-0.4, -0.2) is 17.0 Å². The van der Waals surface area contributed by atoms with E-state index in [1.165, 1.54) is 16.5 Å². The van der Waals surface area contributed by atoms with Crippen LogP contribution in [-0.2, 0) is 11.8 Å². The number of para-hydroxylation sites is 1. The maximum absolute atomic E-state index is 12.5. The van der Waals surface area contributed by atoms with Crippen LogP contribution < -0.4 is 5.32 Å². The van der Waals surface area contributed by atoms with Gasteiger partial charge < -0.3 is 9.88 Å². The summed E-state index contributed by atoms with van der Waals surface area (Å²) in [6.45, 7) is 2.86. The quantitative estimate of drug-likeness (QED) is 0.566. The van der Waals surface area contributed by atoms with E-state index in [1.54, 1.807) is 0 Å². The second kappa shape index (κ2) is 8.41. The molecular weight excluding hydrogens is 344 g/mol. The number of carbonyl (C=O) groups is 1. The first-order valence-electron chi connectivity index (χ1n) is 9.16. The number of halogens is 1. The number of hydrogen-bond acceptors (Lipinski definition) is 1. The third-order valence-electron chi connectivity index (χ3n) is 4.82. The Morgan fingerprint density at radius 1 is 1.15 bits per heavy atom. The number of aryl methyl sites for hydroxylation is 1. The molecular formula is C22H25ClN2O. The molecule has 4 heteroatoms. The minimum atomic E-state index is -0.00000630. The molecule has 2 aromatic carbocycles. The van der Waals surface area contributed by atoms with Crippen molar-refractivity contribution in [1.29, 1.82) is 0 Å². The first-order valence-corrected chi connectivity index (χ1v) is 9.54. The highest BCUT2D eigenvalue weighted by atomic mass is 35.5. The van der Waals surface area contributed by atoms with Crippen molar-refractivity contribution in [2.24, 2.45) is 7.05 Å². The van der Waals surface area contributed by atoms with E-state index >= 15 is 0 Å². The van der Waals surface area contributed by atoms with Crippen molar-refractivity contribution < 1.29 is 4.79 Å². The molecule has 26 heavy (non-hydrogen) atoms. The summed E-state index contributed by atoms with van der Waals surface area (Å²) in [5, 5.41) is 4.95. The highest BCUT2D eigenvalue weighted by Gasteiger charge is 2.22. The molecule has 3 rings (SSSR count). The molecule has 1 amide bonds. The maximum Gasteiger partial charge on any atom is 0.220 e. The Morgan fingerprint density at radius 3 is 2.62 bits per heavy atom. The van der Waals surface area contributed by atoms with Crippen LogP contribution >= 0.6 is 11.6 Å². The third kappa shape index (κ3) is 4.10. The van der Waals surface area contributed by atoms with Crippen LogP contribution in [0.2, 0.25) is 5.02 Å². The molecule has 1 atom stereocenters. The molecule has 0 fully saturated rings. The number of benzene rings is 2. The number of nitrogens with one attached hydrogen (secondary N) is 1. The lowest BCUT2D eigenvalue weighted by atomic mass is 9.88. The van der Waals surface area contributed by atoms with Gasteiger partial charge in [0.15, 0.2) is 0 Å². The molecule has 0 radical (unpaired) electrons. The predicted molar refractivity (Wildman–Crippen MR) is 109 cm³/mol. The van der Waals surface area contributed by atoms with E-state index in [4.69, 9.17) is 11.6 Å². The molecule has 1 heterocycles. The second-order valence-electron chi connectivity index (χ2n) is 6.72. The zero-order valence-electron chi connectivity index (χ0n) is 15.3. The largest absolute Gasteiger partial charge is 0.356 e. The van der Waals surface area contributed by atoms with Crippen molar-refractivity contribution >= 4 is 28.4 Å². The van der Waals surface area contributed by atoms with Crippen molar-refractivity contribution in [2.75, 3.05) is 6.54 Å². The fourth-order valence-corrected chi connectivity index (χ4v) is 3.54. The van der Waals surface area contributed by atoms with E-state index in [-0.39, 0.29) is 11.8 Å². The van der Waals surface area contributed by atoms with Gasteiger partial charge in [-0.15, -0.1) is 0 Å². The average Bonchev–Trinajstić information content (AvgIpc) is 2.98. The summed E-state index contributed by atoms with van der Waals surface area (Å²) in [5.41, 5.74) is 3.46. The summed E-state index contributed by atoms with van der Waals surface area (Å²) < 4.78 is 2.13. The van der Waals surface area contributed by atoms with Crippen LogP contribution in [0.1, 0.15) is 43.2 Å². The Hall–Kier alpha value is -2.26. The molecule has 136 valence electrons. The Morgan fingerprint density at radius 2 is 1.88 bits per heavy atom. The fourth-order valence-electron chi connectivity index (χ4n) is 3.42. The number of hydrogen-bond donors (Lipinski definition) is 1. The van der Waals surface area contributed by atoms with Crippen molar-refractivity contribution in [2.45, 2.75) is 32.1 Å². The van der Waals surface area contributed by atoms with E-state index in [0.717, 1.165) is 24.9 Å². The summed E-state index contributed by atoms with van der Waals surface area (Å²) in [4.78, 5) is 12.5. The molecule has 1 aromatic heterocycles. The van der Waals surface area contributed by atoms with E-state index in [1.807, 2.05) is 43.4 Å². The van der Waals surface area contributed by atoms with Crippen LogP contribution in [0.3, 0.4) is 0 Å². The SMILES string of the molecule is CCCCNC(=O)CC(c1ccc(Cl)cc1)c1cn(C)c2ccccc12. The highest BCUT2D eigenvalue weighted by molar-refractivity contribution is 6.30. The molecule has 3 nitrogen and oxygen atoms in total. The first-order chi connectivity index (χ1) is 12.6. The summed E-state index contributed by atoms with van der Waals surface area (Å²) in [6, 6.07) is 16.2. The van der Waals surface area contributed by atoms with E-state index < -0.39 is 0 Å². The van der Waals surface area contributed by atoms with Crippen molar-refractivity contribution in [3.8, 4) is 0 Å². The molecule has 1 N–H and O–H groups in total. The number of aromatic nitrogens is 1. The summed E-state index contributed by atoms with van der Waals surface area (Å²) in [6.07, 6.45) is 4.65. The van der Waals surface area contributed by atoms with Crippen LogP contribution in [0.4, 0.5) is 0 Å². The second-order valence-corrected chi connectivity index (χ2v) is 7.16. The number of fused-ring (bicyclic) bond motifs is 1. The number of amides is 1. The van der Waals surface area contributed by atoms with Crippen LogP contribution in [0.5, 0.6) is 0 Å². The highest BCUT2D eigenvalue weighted by Crippen LogP contribution is 2.34. The summed E-state index contributed by atoms with van der Waals surface area (Å²) in [5.74, 6) is 0.0892. The summed E-state index contributed by atoms with van der Waals surface area (Å²) in [7, 11) is 2.05. The number of carbonyl (C=O) groups excluding carboxylic acids is 1. The lowest BCUT2D eigenvalue weighted by Gasteiger charge is -2.17. The van der Waals surface area contributed by atoms with Crippen molar-refractivity contribution in [3.63, 3.8) is 0 Å². The molecule has 0 spiro atoms. The van der Waals surface area contributed by atoms with Crippen LogP contribution in [0, 0.1) is 0 Å². The Labute approximate surface area is 160 Å². The van der Waals surface area contributed by atoms with Gasteiger partial charge in [-0.3, -0.25) is 4.79 Å². The molecule has 0 aliphatic carbocycles. The van der Waals surface area contributed by atoms with Crippen LogP contribution in [0.25, 0.3) is 10.9 Å². The predicted octanol–water partition coefficient (Wildman–Crippen LogP) is 5.27. The molecule has 0 saturated carbocycles. The zero-order valence-corrected chi connectivity index (χ0v) is 16.1. The van der Waals surface area contributed by atoms with Gasteiger partial charge in [0, 0.05) is 48.1 Å². The van der Waals surface area contributed by atoms with E-state index in [2.05, 4.69) is 35.1 Å². The van der Waals surface area contributed by atoms with E-state index in [0.29, 0.717) is 11.4 Å². The van der Waals surface area contributed by atoms with Gasteiger partial charge in [-0.2, -0.15) is 0 Å². The minimum Gasteiger partial charge on any atom is -0.356 e. The smallest absolute Gasteiger partial charge is 0.220 e. The van der Waals surface area contributed by atoms with Gasteiger partial charge in [0.1, 0.15) is 0 Å². The zero-order chi connectivity index (χ0) is 18.5. The van der Waals surface area contributed by atoms with Gasteiger partial charge in [0.25, 0.3) is 0 Å². The van der Waals surface area contributed by atoms with Crippen molar-refractivity contribution in [1.82, 2.24) is 9.88 Å². The lowest BCUT2D eigenvalue weighted by Crippen LogP contribution is -2.26. The summed E-state index contributed by atoms with van der Waals surface area (Å²) >= 11 is 6.07. The lowest BCUT2D eigenvalue weighted by molar-refractivity contribution is -0.121. The van der Waals surface area contributed by atoms with Gasteiger partial charge in [0.05, 0.1) is 0 Å². The number of nitrogens with zero attached hydrogens (tertiary/aromatic N) is 1.